The van der Waals surface area contributed by atoms with Crippen molar-refractivity contribution in [3.8, 4) is 0 Å². The maximum absolute atomic E-state index is 12.0. The molecular formula is C18H15N3OS2. The Hall–Kier alpha value is -2.18. The summed E-state index contributed by atoms with van der Waals surface area (Å²) in [4.78, 5) is 16.6. The lowest BCUT2D eigenvalue weighted by Crippen LogP contribution is -2.21. The smallest absolute Gasteiger partial charge is 0.250 e. The number of fused-ring (bicyclic) bond motifs is 2. The van der Waals surface area contributed by atoms with Crippen LogP contribution in [0.1, 0.15) is 17.5 Å². The van der Waals surface area contributed by atoms with E-state index in [4.69, 9.17) is 0 Å². The van der Waals surface area contributed by atoms with Gasteiger partial charge in [-0.15, -0.1) is 11.3 Å². The van der Waals surface area contributed by atoms with Gasteiger partial charge in [0.05, 0.1) is 21.7 Å². The van der Waals surface area contributed by atoms with Crippen molar-refractivity contribution in [1.29, 1.82) is 0 Å². The van der Waals surface area contributed by atoms with Crippen LogP contribution in [0, 0.1) is 0 Å². The lowest BCUT2D eigenvalue weighted by molar-refractivity contribution is -0.118. The van der Waals surface area contributed by atoms with Crippen LogP contribution in [0.15, 0.2) is 58.0 Å². The summed E-state index contributed by atoms with van der Waals surface area (Å²) in [6.45, 7) is 0. The molecule has 1 amide bonds. The summed E-state index contributed by atoms with van der Waals surface area (Å²) < 4.78 is 2.05. The monoisotopic (exact) mass is 353 g/mol. The zero-order chi connectivity index (χ0) is 16.4. The summed E-state index contributed by atoms with van der Waals surface area (Å²) in [5, 5.41) is 4.31. The number of nitrogens with zero attached hydrogens (tertiary/aromatic N) is 2. The van der Waals surface area contributed by atoms with Crippen molar-refractivity contribution in [2.45, 2.75) is 17.2 Å². The van der Waals surface area contributed by atoms with Gasteiger partial charge in [-0.1, -0.05) is 48.2 Å². The number of hydrazone groups is 1. The second-order valence-corrected chi connectivity index (χ2v) is 7.74. The molecule has 4 rings (SSSR count). The number of hydrogen-bond donors (Lipinski definition) is 1. The molecule has 1 heterocycles. The fraction of sp³-hybridized carbons (Fsp3) is 0.167. The van der Waals surface area contributed by atoms with E-state index in [9.17, 15) is 4.79 Å². The standard InChI is InChI=1S/C18H15N3OS2/c22-17(11-23-18-19-15-7-3-4-8-16(15)24-18)21-20-14-10-9-12-5-1-2-6-13(12)14/h1-8H,9-11H2,(H,21,22)/b20-14-. The SMILES string of the molecule is O=C(CSc1nc2ccccc2s1)N/N=C1/CCc2ccccc21. The number of amides is 1. The number of thioether (sulfide) groups is 1. The number of carbonyl (C=O) groups excluding carboxylic acids is 1. The number of thiazole rings is 1. The third-order valence-corrected chi connectivity index (χ3v) is 6.06. The number of rotatable bonds is 4. The quantitative estimate of drug-likeness (QED) is 0.572. The van der Waals surface area contributed by atoms with E-state index in [0.29, 0.717) is 5.75 Å². The van der Waals surface area contributed by atoms with Gasteiger partial charge >= 0.3 is 0 Å². The largest absolute Gasteiger partial charge is 0.272 e. The average molecular weight is 353 g/mol. The zero-order valence-corrected chi connectivity index (χ0v) is 14.5. The highest BCUT2D eigenvalue weighted by atomic mass is 32.2. The lowest BCUT2D eigenvalue weighted by atomic mass is 10.1. The molecule has 0 saturated carbocycles. The van der Waals surface area contributed by atoms with Gasteiger partial charge in [0.2, 0.25) is 0 Å². The van der Waals surface area contributed by atoms with Crippen molar-refractivity contribution in [3.63, 3.8) is 0 Å². The molecule has 1 N–H and O–H groups in total. The van der Waals surface area contributed by atoms with E-state index in [2.05, 4.69) is 27.6 Å². The van der Waals surface area contributed by atoms with E-state index in [1.165, 1.54) is 17.3 Å². The molecule has 0 aliphatic heterocycles. The van der Waals surface area contributed by atoms with E-state index in [1.807, 2.05) is 36.4 Å². The molecule has 0 fully saturated rings. The van der Waals surface area contributed by atoms with Crippen LogP contribution in [0.3, 0.4) is 0 Å². The Kier molecular flexibility index (Phi) is 4.32. The second kappa shape index (κ2) is 6.75. The molecule has 0 unspecified atom stereocenters. The van der Waals surface area contributed by atoms with Gasteiger partial charge in [0, 0.05) is 5.56 Å². The maximum Gasteiger partial charge on any atom is 0.250 e. The molecule has 120 valence electrons. The van der Waals surface area contributed by atoms with E-state index in [-0.39, 0.29) is 5.91 Å². The number of aryl methyl sites for hydroxylation is 1. The first kappa shape index (κ1) is 15.4. The van der Waals surface area contributed by atoms with Crippen molar-refractivity contribution in [1.82, 2.24) is 10.4 Å². The lowest BCUT2D eigenvalue weighted by Gasteiger charge is -2.01. The Bertz CT molecular complexity index is 900. The zero-order valence-electron chi connectivity index (χ0n) is 12.9. The number of hydrogen-bond acceptors (Lipinski definition) is 5. The van der Waals surface area contributed by atoms with Gasteiger partial charge in [0.15, 0.2) is 4.34 Å². The third kappa shape index (κ3) is 3.20. The van der Waals surface area contributed by atoms with Crippen LogP contribution in [-0.2, 0) is 11.2 Å². The average Bonchev–Trinajstić information content (AvgIpc) is 3.21. The van der Waals surface area contributed by atoms with E-state index in [0.717, 1.165) is 38.7 Å². The van der Waals surface area contributed by atoms with E-state index in [1.54, 1.807) is 11.3 Å². The van der Waals surface area contributed by atoms with Crippen LogP contribution in [-0.4, -0.2) is 22.4 Å². The predicted molar refractivity (Wildman–Crippen MR) is 99.8 cm³/mol. The highest BCUT2D eigenvalue weighted by Gasteiger charge is 2.17. The van der Waals surface area contributed by atoms with Gasteiger partial charge in [-0.05, 0) is 30.5 Å². The first-order chi connectivity index (χ1) is 11.8. The molecular weight excluding hydrogens is 338 g/mol. The Labute approximate surface area is 148 Å². The Morgan fingerprint density at radius 1 is 1.17 bits per heavy atom. The minimum atomic E-state index is -0.101. The third-order valence-electron chi connectivity index (χ3n) is 3.88. The molecule has 1 aliphatic rings. The summed E-state index contributed by atoms with van der Waals surface area (Å²) in [6, 6.07) is 16.2. The summed E-state index contributed by atoms with van der Waals surface area (Å²) in [5.41, 5.74) is 7.07. The molecule has 4 nitrogen and oxygen atoms in total. The fourth-order valence-electron chi connectivity index (χ4n) is 2.73. The molecule has 1 aliphatic carbocycles. The minimum Gasteiger partial charge on any atom is -0.272 e. The van der Waals surface area contributed by atoms with Crippen LogP contribution >= 0.6 is 23.1 Å². The molecule has 2 aromatic carbocycles. The molecule has 0 atom stereocenters. The van der Waals surface area contributed by atoms with Crippen LogP contribution in [0.25, 0.3) is 10.2 Å². The van der Waals surface area contributed by atoms with Gasteiger partial charge in [-0.25, -0.2) is 10.4 Å². The topological polar surface area (TPSA) is 54.4 Å². The molecule has 1 aromatic heterocycles. The highest BCUT2D eigenvalue weighted by molar-refractivity contribution is 8.01. The predicted octanol–water partition coefficient (Wildman–Crippen LogP) is 3.86. The number of carbonyl (C=O) groups is 1. The molecule has 24 heavy (non-hydrogen) atoms. The fourth-order valence-corrected chi connectivity index (χ4v) is 4.59. The molecule has 0 spiro atoms. The molecule has 0 bridgehead atoms. The van der Waals surface area contributed by atoms with Gasteiger partial charge < -0.3 is 0 Å². The Morgan fingerprint density at radius 2 is 2.00 bits per heavy atom. The number of aromatic nitrogens is 1. The normalized spacial score (nSPS) is 14.9. The van der Waals surface area contributed by atoms with Crippen LogP contribution < -0.4 is 5.43 Å². The van der Waals surface area contributed by atoms with Crippen molar-refractivity contribution >= 4 is 44.9 Å². The summed E-state index contributed by atoms with van der Waals surface area (Å²) >= 11 is 3.06. The number of benzene rings is 2. The molecule has 0 radical (unpaired) electrons. The Morgan fingerprint density at radius 3 is 2.92 bits per heavy atom. The molecule has 3 aromatic rings. The number of para-hydroxylation sites is 1. The molecule has 6 heteroatoms. The first-order valence-corrected chi connectivity index (χ1v) is 9.52. The van der Waals surface area contributed by atoms with Crippen molar-refractivity contribution in [2.75, 3.05) is 5.75 Å². The molecule has 0 saturated heterocycles. The van der Waals surface area contributed by atoms with E-state index >= 15 is 0 Å². The van der Waals surface area contributed by atoms with Crippen LogP contribution in [0.2, 0.25) is 0 Å². The second-order valence-electron chi connectivity index (χ2n) is 5.49. The highest BCUT2D eigenvalue weighted by Crippen LogP contribution is 2.29. The van der Waals surface area contributed by atoms with Gasteiger partial charge in [0.1, 0.15) is 0 Å². The summed E-state index contributed by atoms with van der Waals surface area (Å²) in [6.07, 6.45) is 1.87. The number of nitrogens with one attached hydrogen (secondary N) is 1. The van der Waals surface area contributed by atoms with Gasteiger partial charge in [-0.3, -0.25) is 4.79 Å². The minimum absolute atomic E-state index is 0.101. The van der Waals surface area contributed by atoms with Gasteiger partial charge in [0.25, 0.3) is 5.91 Å². The summed E-state index contributed by atoms with van der Waals surface area (Å²) in [5.74, 6) is 0.217. The van der Waals surface area contributed by atoms with Crippen LogP contribution in [0.4, 0.5) is 0 Å². The van der Waals surface area contributed by atoms with Crippen molar-refractivity contribution in [3.05, 3.63) is 59.7 Å². The van der Waals surface area contributed by atoms with Crippen molar-refractivity contribution < 1.29 is 4.79 Å². The summed E-state index contributed by atoms with van der Waals surface area (Å²) in [7, 11) is 0. The first-order valence-electron chi connectivity index (χ1n) is 7.71. The van der Waals surface area contributed by atoms with Gasteiger partial charge in [-0.2, -0.15) is 5.10 Å². The van der Waals surface area contributed by atoms with Crippen LogP contribution in [0.5, 0.6) is 0 Å². The van der Waals surface area contributed by atoms with E-state index < -0.39 is 0 Å². The Balaban J connectivity index is 1.36. The van der Waals surface area contributed by atoms with Crippen molar-refractivity contribution in [2.24, 2.45) is 5.10 Å². The maximum atomic E-state index is 12.0.